The molecular weight excluding hydrogens is 1010 g/mol. The van der Waals surface area contributed by atoms with E-state index < -0.39 is 162 Å². The van der Waals surface area contributed by atoms with E-state index in [0.29, 0.717) is 25.9 Å². The number of ether oxygens (including phenoxy) is 6. The molecule has 3 heterocycles. The number of nitrogens with zero attached hydrogens (tertiary/aromatic N) is 1. The van der Waals surface area contributed by atoms with Gasteiger partial charge < -0.3 is 69.5 Å². The molecule has 28 heteroatoms. The van der Waals surface area contributed by atoms with Crippen LogP contribution < -0.4 is 10.6 Å². The molecule has 9 N–H and O–H groups in total. The summed E-state index contributed by atoms with van der Waals surface area (Å²) in [4.78, 5) is 56.0. The minimum absolute atomic E-state index is 0.0629. The van der Waals surface area contributed by atoms with Crippen LogP contribution in [0, 0.1) is 23.2 Å². The Morgan fingerprint density at radius 3 is 2.04 bits per heavy atom. The molecule has 73 heavy (non-hydrogen) atoms. The maximum Gasteiger partial charge on any atom is 0.397 e. The first-order valence-electron chi connectivity index (χ1n) is 25.1. The van der Waals surface area contributed by atoms with Crippen LogP contribution in [0.3, 0.4) is 0 Å². The van der Waals surface area contributed by atoms with E-state index in [0.717, 1.165) is 45.6 Å². The first-order valence-corrected chi connectivity index (χ1v) is 27.8. The highest BCUT2D eigenvalue weighted by Gasteiger charge is 2.53. The van der Waals surface area contributed by atoms with Crippen molar-refractivity contribution in [3.8, 4) is 0 Å². The van der Waals surface area contributed by atoms with Crippen LogP contribution in [-0.2, 0) is 76.8 Å². The lowest BCUT2D eigenvalue weighted by molar-refractivity contribution is -0.338. The van der Waals surface area contributed by atoms with Gasteiger partial charge in [0.2, 0.25) is 11.8 Å². The topological polar surface area (TPSA) is 379 Å². The third kappa shape index (κ3) is 17.7. The molecule has 422 valence electrons. The minimum Gasteiger partial charge on any atom is -0.394 e. The van der Waals surface area contributed by atoms with E-state index in [1.54, 1.807) is 4.90 Å². The predicted molar refractivity (Wildman–Crippen MR) is 250 cm³/mol. The Morgan fingerprint density at radius 2 is 1.48 bits per heavy atom. The van der Waals surface area contributed by atoms with Crippen molar-refractivity contribution in [2.75, 3.05) is 53.2 Å². The largest absolute Gasteiger partial charge is 0.397 e. The molecular formula is C45H77N3O23S2. The Morgan fingerprint density at radius 1 is 0.822 bits per heavy atom. The lowest BCUT2D eigenvalue weighted by atomic mass is 9.74. The predicted octanol–water partition coefficient (Wildman–Crippen LogP) is -1.31. The lowest BCUT2D eigenvalue weighted by Gasteiger charge is -2.49. The zero-order chi connectivity index (χ0) is 53.8. The molecule has 5 aliphatic rings. The molecule has 3 amide bonds. The van der Waals surface area contributed by atoms with E-state index in [1.807, 2.05) is 6.92 Å². The fourth-order valence-corrected chi connectivity index (χ4v) is 11.2. The van der Waals surface area contributed by atoms with Crippen LogP contribution in [0.5, 0.6) is 0 Å². The molecule has 0 aromatic rings. The minimum atomic E-state index is -5.08. The summed E-state index contributed by atoms with van der Waals surface area (Å²) >= 11 is 0. The summed E-state index contributed by atoms with van der Waals surface area (Å²) in [7, 11) is -9.01. The Kier molecular flexibility index (Phi) is 23.2. The second-order valence-electron chi connectivity index (χ2n) is 20.2. The maximum atomic E-state index is 14.2. The van der Waals surface area contributed by atoms with Crippen LogP contribution >= 0.6 is 0 Å². The van der Waals surface area contributed by atoms with Crippen molar-refractivity contribution < 1.29 is 107 Å². The van der Waals surface area contributed by atoms with Gasteiger partial charge in [0.25, 0.3) is 5.91 Å². The first-order chi connectivity index (χ1) is 34.4. The highest BCUT2D eigenvalue weighted by atomic mass is 32.3. The van der Waals surface area contributed by atoms with Gasteiger partial charge in [-0.05, 0) is 50.9 Å². The van der Waals surface area contributed by atoms with E-state index in [1.165, 1.54) is 13.8 Å². The number of hydrogen-bond donors (Lipinski definition) is 9. The molecule has 0 spiro atoms. The molecule has 15 atom stereocenters. The van der Waals surface area contributed by atoms with Crippen LogP contribution in [0.2, 0.25) is 0 Å². The Hall–Kier alpha value is -2.62. The summed E-state index contributed by atoms with van der Waals surface area (Å²) in [5.41, 5.74) is -1.86. The normalized spacial score (nSPS) is 33.1. The molecule has 0 bridgehead atoms. The SMILES string of the molecule is CC[C@@H]1CC(C(=O)CCCNC(=O)CC(COC)(COS(=O)(=O)O)COS(=O)(=O)O)C[C@@H](O[C@@H]2O[C@@H](CO)[C@H](O)C(O[C@@H](CC3CCCCC3)C(=O)N3CCC3)C2NC(C)=O)C1O[C@@H]1OC(C)[C@@H](O)[C@H](O)C1O. The number of aliphatic hydroxyl groups is 5. The molecule has 0 aromatic heterocycles. The summed E-state index contributed by atoms with van der Waals surface area (Å²) in [6, 6.07) is -1.30. The van der Waals surface area contributed by atoms with Gasteiger partial charge in [-0.3, -0.25) is 28.3 Å². The number of Topliss-reactive ketones (excluding diaryl/α,β-unsaturated/α-hetero) is 1. The zero-order valence-corrected chi connectivity index (χ0v) is 43.4. The summed E-state index contributed by atoms with van der Waals surface area (Å²) in [6.45, 7) is 2.25. The van der Waals surface area contributed by atoms with Gasteiger partial charge in [0.15, 0.2) is 12.6 Å². The van der Waals surface area contributed by atoms with Gasteiger partial charge in [0.1, 0.15) is 54.6 Å². The van der Waals surface area contributed by atoms with Crippen molar-refractivity contribution in [1.82, 2.24) is 15.5 Å². The lowest BCUT2D eigenvalue weighted by Crippen LogP contribution is -2.67. The van der Waals surface area contributed by atoms with E-state index in [2.05, 4.69) is 19.0 Å². The number of methoxy groups -OCH3 is 1. The van der Waals surface area contributed by atoms with Crippen LogP contribution in [0.1, 0.15) is 104 Å². The first kappa shape index (κ1) is 61.2. The number of carbonyl (C=O) groups excluding carboxylic acids is 4. The number of likely N-dealkylation sites (tertiary alicyclic amines) is 1. The molecule has 2 saturated carbocycles. The van der Waals surface area contributed by atoms with Crippen molar-refractivity contribution in [3.63, 3.8) is 0 Å². The second-order valence-corrected chi connectivity index (χ2v) is 22.3. The number of amides is 3. The molecule has 5 rings (SSSR count). The Balaban J connectivity index is 1.38. The molecule has 3 saturated heterocycles. The van der Waals surface area contributed by atoms with Crippen molar-refractivity contribution in [2.45, 2.75) is 184 Å². The molecule has 0 aromatic carbocycles. The molecule has 0 radical (unpaired) electrons. The monoisotopic (exact) mass is 1090 g/mol. The van der Waals surface area contributed by atoms with Gasteiger partial charge in [-0.2, -0.15) is 16.8 Å². The highest BCUT2D eigenvalue weighted by molar-refractivity contribution is 7.81. The number of hydrogen-bond acceptors (Lipinski definition) is 21. The van der Waals surface area contributed by atoms with Crippen LogP contribution in [-0.4, -0.2) is 213 Å². The Labute approximate surface area is 426 Å². The quantitative estimate of drug-likeness (QED) is 0.0340. The second kappa shape index (κ2) is 27.6. The van der Waals surface area contributed by atoms with Crippen molar-refractivity contribution >= 4 is 44.3 Å². The average molecular weight is 1090 g/mol. The van der Waals surface area contributed by atoms with E-state index in [9.17, 15) is 61.5 Å². The van der Waals surface area contributed by atoms with Gasteiger partial charge in [-0.25, -0.2) is 8.37 Å². The number of rotatable bonds is 27. The van der Waals surface area contributed by atoms with Gasteiger partial charge >= 0.3 is 20.8 Å². The molecule has 2 aliphatic carbocycles. The fraction of sp³-hybridized carbons (Fsp3) is 0.911. The van der Waals surface area contributed by atoms with E-state index >= 15 is 0 Å². The van der Waals surface area contributed by atoms with Gasteiger partial charge in [0, 0.05) is 52.4 Å². The third-order valence-electron chi connectivity index (χ3n) is 14.5. The molecule has 6 unspecified atom stereocenters. The molecule has 3 aliphatic heterocycles. The number of nitrogens with one attached hydrogen (secondary N) is 2. The summed E-state index contributed by atoms with van der Waals surface area (Å²) in [5.74, 6) is -3.01. The van der Waals surface area contributed by atoms with Crippen molar-refractivity contribution in [1.29, 1.82) is 0 Å². The highest BCUT2D eigenvalue weighted by Crippen LogP contribution is 2.41. The molecule has 26 nitrogen and oxygen atoms in total. The number of ketones is 1. The number of carbonyl (C=O) groups is 4. The Bertz CT molecular complexity index is 1990. The van der Waals surface area contributed by atoms with Crippen LogP contribution in [0.15, 0.2) is 0 Å². The van der Waals surface area contributed by atoms with Gasteiger partial charge in [-0.15, -0.1) is 0 Å². The molecule has 5 fully saturated rings. The average Bonchev–Trinajstić information content (AvgIpc) is 3.31. The smallest absolute Gasteiger partial charge is 0.394 e. The van der Waals surface area contributed by atoms with Crippen molar-refractivity contribution in [2.24, 2.45) is 23.2 Å². The van der Waals surface area contributed by atoms with Crippen LogP contribution in [0.4, 0.5) is 0 Å². The fourth-order valence-electron chi connectivity index (χ4n) is 10.4. The third-order valence-corrected chi connectivity index (χ3v) is 15.4. The standard InChI is InChI=1S/C45H77N3O23S2/c1-5-28-18-29(30(51)13-9-14-46-34(52)20-45(22-64-4,23-65-72(58,59)60)24-66-73(61,62)63)19-31(40(28)71-44-39(56)38(55)36(53)25(2)67-44)69-43-35(47-26(3)50)41(37(54)33(21-49)70-43)68-32(42(57)48-15-10-16-48)17-27-11-7-6-8-12-27/h25,27-29,31-33,35-41,43-44,49,53-56H,5-24H2,1-4H3,(H,46,52)(H,47,50)(H,58,59,60)(H,61,62,63)/t25?,28-,29?,31-,32+,33+,35?,36-,37+,38+,39?,40?,41?,43-,44+/m1/s1. The summed E-state index contributed by atoms with van der Waals surface area (Å²) < 4.78 is 110. The summed E-state index contributed by atoms with van der Waals surface area (Å²) in [5, 5.41) is 59.9. The number of aliphatic hydroxyl groups excluding tert-OH is 5. The van der Waals surface area contributed by atoms with Crippen LogP contribution in [0.25, 0.3) is 0 Å². The maximum absolute atomic E-state index is 14.2. The summed E-state index contributed by atoms with van der Waals surface area (Å²) in [6.07, 6.45) is -10.5. The van der Waals surface area contributed by atoms with E-state index in [-0.39, 0.29) is 49.8 Å². The van der Waals surface area contributed by atoms with E-state index in [4.69, 9.17) is 37.5 Å². The van der Waals surface area contributed by atoms with Gasteiger partial charge in [0.05, 0.1) is 50.2 Å². The van der Waals surface area contributed by atoms with Gasteiger partial charge in [-0.1, -0.05) is 45.4 Å². The zero-order valence-electron chi connectivity index (χ0n) is 41.8. The van der Waals surface area contributed by atoms with Crippen molar-refractivity contribution in [3.05, 3.63) is 0 Å².